The van der Waals surface area contributed by atoms with Crippen molar-refractivity contribution in [3.63, 3.8) is 0 Å². The molecule has 2 bridgehead atoms. The zero-order chi connectivity index (χ0) is 22.2. The van der Waals surface area contributed by atoms with Gasteiger partial charge in [0.2, 0.25) is 0 Å². The van der Waals surface area contributed by atoms with E-state index in [1.54, 1.807) is 0 Å². The molecule has 0 atom stereocenters. The van der Waals surface area contributed by atoms with E-state index in [0.29, 0.717) is 0 Å². The van der Waals surface area contributed by atoms with E-state index in [2.05, 4.69) is 20.4 Å². The van der Waals surface area contributed by atoms with Gasteiger partial charge >= 0.3 is 16.5 Å². The van der Waals surface area contributed by atoms with Crippen molar-refractivity contribution in [2.45, 2.75) is 32.1 Å². The van der Waals surface area contributed by atoms with Crippen LogP contribution in [0.4, 0.5) is 0 Å². The van der Waals surface area contributed by atoms with E-state index in [0.717, 1.165) is 0 Å². The fourth-order valence-electron chi connectivity index (χ4n) is 3.15. The molecule has 0 aromatic heterocycles. The van der Waals surface area contributed by atoms with Gasteiger partial charge in [-0.1, -0.05) is 0 Å². The molecule has 2 fully saturated rings. The third kappa shape index (κ3) is 30.8. The van der Waals surface area contributed by atoms with Crippen LogP contribution in [-0.2, 0) is 16.5 Å². The zero-order valence-corrected chi connectivity index (χ0v) is 19.3. The fraction of sp³-hybridized carbons (Fsp3) is 1.00. The molecule has 0 spiro atoms. The van der Waals surface area contributed by atoms with E-state index >= 15 is 0 Å². The van der Waals surface area contributed by atoms with E-state index in [1.807, 2.05) is 0 Å². The molecule has 0 aromatic carbocycles. The molecule has 0 radical (unpaired) electrons. The molecule has 0 aliphatic carbocycles. The summed E-state index contributed by atoms with van der Waals surface area (Å²) in [5.41, 5.74) is 0. The molecule has 2 heterocycles. The third-order valence-corrected chi connectivity index (χ3v) is 4.26. The molecule has 0 aromatic rings. The number of nitrogens with one attached hydrogen (secondary N) is 2. The van der Waals surface area contributed by atoms with Gasteiger partial charge in [-0.05, 0) is 97.6 Å². The topological polar surface area (TPSA) is 215 Å². The first kappa shape index (κ1) is 32.8. The predicted molar refractivity (Wildman–Crippen MR) is 81.7 cm³/mol. The molecule has 2 aliphatic heterocycles. The van der Waals surface area contributed by atoms with Crippen molar-refractivity contribution >= 4 is 0 Å². The van der Waals surface area contributed by atoms with E-state index in [4.69, 9.17) is 37.3 Å². The summed E-state index contributed by atoms with van der Waals surface area (Å²) in [4.78, 5) is 5.34. The number of nitrogens with zero attached hydrogens (tertiary/aromatic N) is 2. The first-order valence-corrected chi connectivity index (χ1v) is 12.0. The maximum atomic E-state index is 8.49. The summed E-state index contributed by atoms with van der Waals surface area (Å²) in [6.07, 6.45) is 6.56. The summed E-state index contributed by atoms with van der Waals surface area (Å²) in [6, 6.07) is 0. The quantitative estimate of drug-likeness (QED) is 0.282. The van der Waals surface area contributed by atoms with Crippen molar-refractivity contribution in [2.75, 3.05) is 65.4 Å². The average molecular weight is 526 g/mol. The van der Waals surface area contributed by atoms with Gasteiger partial charge in [0.05, 0.1) is 0 Å². The summed E-state index contributed by atoms with van der Waals surface area (Å²) < 4.78 is 67.9. The summed E-state index contributed by atoms with van der Waals surface area (Å²) in [5, 5.41) is 7.18. The molecular weight excluding hydrogens is 494 g/mol. The van der Waals surface area contributed by atoms with Crippen LogP contribution in [0.25, 0.3) is 0 Å². The fourth-order valence-corrected chi connectivity index (χ4v) is 3.15. The van der Waals surface area contributed by atoms with Gasteiger partial charge in [-0.15, -0.1) is 20.5 Å². The third-order valence-electron chi connectivity index (χ3n) is 4.26. The van der Waals surface area contributed by atoms with Crippen molar-refractivity contribution in [2.24, 2.45) is 0 Å². The molecule has 0 amide bonds. The van der Waals surface area contributed by atoms with Gasteiger partial charge in [0.25, 0.3) is 0 Å². The number of halogens is 2. The molecule has 2 aliphatic rings. The zero-order valence-electron chi connectivity index (χ0n) is 16.8. The Kier molecular flexibility index (Phi) is 20.9. The second-order valence-electron chi connectivity index (χ2n) is 6.71. The SMILES string of the molecule is C1CNCCCN2CCCNCCCN(C1)CCC2.[Ni+2].[O-][Cl+3]([O-])([O-])[O-].[O-][Cl+3]([O-])([O-])[O-]. The van der Waals surface area contributed by atoms with Crippen molar-refractivity contribution in [3.8, 4) is 0 Å². The molecule has 184 valence electrons. The number of rotatable bonds is 0. The van der Waals surface area contributed by atoms with Gasteiger partial charge in [0, 0.05) is 0 Å². The van der Waals surface area contributed by atoms with Gasteiger partial charge < -0.3 is 20.4 Å². The van der Waals surface area contributed by atoms with Crippen molar-refractivity contribution in [1.82, 2.24) is 20.4 Å². The summed E-state index contributed by atoms with van der Waals surface area (Å²) in [5.74, 6) is 0. The molecule has 2 N–H and O–H groups in total. The molecule has 2 saturated heterocycles. The van der Waals surface area contributed by atoms with Crippen molar-refractivity contribution in [1.29, 1.82) is 0 Å². The average Bonchev–Trinajstić information content (AvgIpc) is 2.51. The Morgan fingerprint density at radius 3 is 0.867 bits per heavy atom. The second kappa shape index (κ2) is 19.1. The molecular formula is C15H32Cl2N4NiO8. The standard InChI is InChI=1S/C15H32N4.2ClHO4.Ni/c1-6-16-7-2-12-19-13-4-9-17-8-3-11-18(10-1)14-5-15-19;2*2-1(3,4)5;/h16-17H,1-15H2;2*(H,2,3,4,5);/q;;;+2/p-2. The van der Waals surface area contributed by atoms with Crippen LogP contribution in [0.2, 0.25) is 0 Å². The van der Waals surface area contributed by atoms with E-state index in [1.165, 1.54) is 97.6 Å². The summed E-state index contributed by atoms with van der Waals surface area (Å²) in [7, 11) is -9.89. The van der Waals surface area contributed by atoms with Crippen LogP contribution in [0, 0.1) is 20.5 Å². The van der Waals surface area contributed by atoms with Crippen molar-refractivity contribution < 1.29 is 74.2 Å². The number of fused-ring (bicyclic) bond motifs is 4. The minimum Gasteiger partial charge on any atom is -0.317 e. The van der Waals surface area contributed by atoms with Crippen LogP contribution >= 0.6 is 0 Å². The van der Waals surface area contributed by atoms with E-state index < -0.39 is 20.5 Å². The smallest absolute Gasteiger partial charge is 0.317 e. The largest absolute Gasteiger partial charge is 2.00 e. The monoisotopic (exact) mass is 524 g/mol. The predicted octanol–water partition coefficient (Wildman–Crippen LogP) is -8.77. The Balaban J connectivity index is 0. The van der Waals surface area contributed by atoms with Gasteiger partial charge in [-0.2, -0.15) is 0 Å². The van der Waals surface area contributed by atoms with Gasteiger partial charge in [0.1, 0.15) is 0 Å². The first-order valence-electron chi connectivity index (χ1n) is 9.55. The molecule has 0 saturated carbocycles. The Bertz CT molecular complexity index is 333. The molecule has 2 rings (SSSR count). The number of hydrogen-bond acceptors (Lipinski definition) is 12. The molecule has 15 heteroatoms. The summed E-state index contributed by atoms with van der Waals surface area (Å²) in [6.45, 7) is 12.4. The van der Waals surface area contributed by atoms with Gasteiger partial charge in [-0.3, -0.25) is 0 Å². The van der Waals surface area contributed by atoms with Crippen LogP contribution < -0.4 is 47.9 Å². The normalized spacial score (nSPS) is 24.8. The van der Waals surface area contributed by atoms with Crippen LogP contribution in [-0.4, -0.2) is 75.2 Å². The van der Waals surface area contributed by atoms with Crippen molar-refractivity contribution in [3.05, 3.63) is 0 Å². The van der Waals surface area contributed by atoms with Crippen LogP contribution in [0.1, 0.15) is 32.1 Å². The van der Waals surface area contributed by atoms with Crippen LogP contribution in [0.15, 0.2) is 0 Å². The number of hydrogen-bond donors (Lipinski definition) is 2. The van der Waals surface area contributed by atoms with Crippen LogP contribution in [0.5, 0.6) is 0 Å². The first-order chi connectivity index (χ1) is 13.4. The Hall–Kier alpha value is 0.594. The molecule has 12 nitrogen and oxygen atoms in total. The van der Waals surface area contributed by atoms with E-state index in [-0.39, 0.29) is 16.5 Å². The Morgan fingerprint density at radius 1 is 0.433 bits per heavy atom. The van der Waals surface area contributed by atoms with Gasteiger partial charge in [-0.25, -0.2) is 37.3 Å². The minimum absolute atomic E-state index is 0. The van der Waals surface area contributed by atoms with E-state index in [9.17, 15) is 0 Å². The maximum Gasteiger partial charge on any atom is 2.00 e. The molecule has 0 unspecified atom stereocenters. The maximum absolute atomic E-state index is 8.49. The summed E-state index contributed by atoms with van der Waals surface area (Å²) >= 11 is 0. The second-order valence-corrected chi connectivity index (χ2v) is 8.22. The van der Waals surface area contributed by atoms with Crippen LogP contribution in [0.3, 0.4) is 0 Å². The Labute approximate surface area is 192 Å². The Morgan fingerprint density at radius 2 is 0.633 bits per heavy atom. The minimum atomic E-state index is -4.94. The molecule has 30 heavy (non-hydrogen) atoms. The van der Waals surface area contributed by atoms with Gasteiger partial charge in [0.15, 0.2) is 0 Å².